The van der Waals surface area contributed by atoms with Gasteiger partial charge in [0.2, 0.25) is 0 Å². The Bertz CT molecular complexity index is 371. The van der Waals surface area contributed by atoms with Gasteiger partial charge in [-0.2, -0.15) is 0 Å². The Kier molecular flexibility index (Phi) is 6.27. The third kappa shape index (κ3) is 5.24. The third-order valence-electron chi connectivity index (χ3n) is 5.06. The van der Waals surface area contributed by atoms with Crippen molar-refractivity contribution in [2.45, 2.75) is 71.1 Å². The first kappa shape index (κ1) is 17.7. The zero-order valence-corrected chi connectivity index (χ0v) is 14.7. The smallest absolute Gasteiger partial charge is 0.128 e. The van der Waals surface area contributed by atoms with E-state index in [9.17, 15) is 4.39 Å². The lowest BCUT2D eigenvalue weighted by Crippen LogP contribution is -2.48. The normalized spacial score (nSPS) is 30.5. The molecule has 0 amide bonds. The molecule has 0 aromatic heterocycles. The molecule has 1 spiro atoms. The molecular formula is C18H33FN2O. The molecule has 2 atom stereocenters. The van der Waals surface area contributed by atoms with Gasteiger partial charge < -0.3 is 15.0 Å². The Labute approximate surface area is 135 Å². The van der Waals surface area contributed by atoms with E-state index in [1.807, 2.05) is 0 Å². The molecular weight excluding hydrogens is 279 g/mol. The minimum atomic E-state index is -0.191. The molecule has 0 saturated carbocycles. The summed E-state index contributed by atoms with van der Waals surface area (Å²) in [6.07, 6.45) is 8.16. The van der Waals surface area contributed by atoms with E-state index in [0.717, 1.165) is 50.6 Å². The standard InChI is InChI=1S/C18H33FN2O/c1-14(2)11-16-5-6-17(20-13-15(3)19)22-18(12-16)7-9-21(4)10-8-18/h13-14,16-17,20H,5-12H2,1-4H3/b15-13+. The summed E-state index contributed by atoms with van der Waals surface area (Å²) in [4.78, 5) is 2.38. The van der Waals surface area contributed by atoms with Crippen molar-refractivity contribution in [3.63, 3.8) is 0 Å². The molecule has 2 aliphatic rings. The minimum absolute atomic E-state index is 0.0156. The van der Waals surface area contributed by atoms with Crippen LogP contribution in [0.3, 0.4) is 0 Å². The van der Waals surface area contributed by atoms with Crippen LogP contribution in [0.5, 0.6) is 0 Å². The lowest BCUT2D eigenvalue weighted by molar-refractivity contribution is -0.128. The van der Waals surface area contributed by atoms with Crippen LogP contribution >= 0.6 is 0 Å². The number of likely N-dealkylation sites (tertiary alicyclic amines) is 1. The third-order valence-corrected chi connectivity index (χ3v) is 5.06. The van der Waals surface area contributed by atoms with E-state index < -0.39 is 0 Å². The highest BCUT2D eigenvalue weighted by Crippen LogP contribution is 2.40. The summed E-state index contributed by atoms with van der Waals surface area (Å²) < 4.78 is 19.5. The van der Waals surface area contributed by atoms with E-state index in [2.05, 4.69) is 31.1 Å². The fourth-order valence-corrected chi connectivity index (χ4v) is 3.97. The van der Waals surface area contributed by atoms with Crippen molar-refractivity contribution in [2.75, 3.05) is 20.1 Å². The number of rotatable bonds is 4. The van der Waals surface area contributed by atoms with Gasteiger partial charge in [0.1, 0.15) is 12.1 Å². The molecule has 128 valence electrons. The van der Waals surface area contributed by atoms with Crippen molar-refractivity contribution in [3.8, 4) is 0 Å². The highest BCUT2D eigenvalue weighted by Gasteiger charge is 2.41. The topological polar surface area (TPSA) is 24.5 Å². The predicted molar refractivity (Wildman–Crippen MR) is 89.1 cm³/mol. The zero-order valence-electron chi connectivity index (χ0n) is 14.7. The molecule has 0 aliphatic carbocycles. The maximum Gasteiger partial charge on any atom is 0.128 e. The fourth-order valence-electron chi connectivity index (χ4n) is 3.97. The molecule has 0 aromatic rings. The SMILES string of the molecule is C/C(F)=C\NC1CCC(CC(C)C)CC2(CCN(C)CC2)O1. The van der Waals surface area contributed by atoms with Gasteiger partial charge in [0, 0.05) is 19.3 Å². The average Bonchev–Trinajstić information content (AvgIpc) is 2.60. The van der Waals surface area contributed by atoms with Gasteiger partial charge in [0.05, 0.1) is 5.60 Å². The van der Waals surface area contributed by atoms with E-state index in [4.69, 9.17) is 4.74 Å². The van der Waals surface area contributed by atoms with E-state index in [1.165, 1.54) is 26.0 Å². The first-order chi connectivity index (χ1) is 10.4. The highest BCUT2D eigenvalue weighted by atomic mass is 19.1. The largest absolute Gasteiger partial charge is 0.364 e. The first-order valence-electron chi connectivity index (χ1n) is 8.83. The van der Waals surface area contributed by atoms with E-state index in [1.54, 1.807) is 0 Å². The van der Waals surface area contributed by atoms with E-state index in [-0.39, 0.29) is 17.7 Å². The number of piperidine rings is 1. The Balaban J connectivity index is 2.07. The zero-order chi connectivity index (χ0) is 16.2. The van der Waals surface area contributed by atoms with E-state index >= 15 is 0 Å². The molecule has 0 aromatic carbocycles. The van der Waals surface area contributed by atoms with Crippen LogP contribution in [0.15, 0.2) is 12.0 Å². The summed E-state index contributed by atoms with van der Waals surface area (Å²) in [6, 6.07) is 0. The Morgan fingerprint density at radius 3 is 2.64 bits per heavy atom. The van der Waals surface area contributed by atoms with Crippen molar-refractivity contribution < 1.29 is 9.13 Å². The maximum absolute atomic E-state index is 13.0. The summed E-state index contributed by atoms with van der Waals surface area (Å²) in [7, 11) is 2.18. The van der Waals surface area contributed by atoms with Crippen LogP contribution in [0.1, 0.15) is 59.3 Å². The van der Waals surface area contributed by atoms with Crippen molar-refractivity contribution in [2.24, 2.45) is 11.8 Å². The number of hydrogen-bond donors (Lipinski definition) is 1. The number of nitrogens with one attached hydrogen (secondary N) is 1. The lowest BCUT2D eigenvalue weighted by Gasteiger charge is -2.42. The van der Waals surface area contributed by atoms with Crippen LogP contribution in [-0.4, -0.2) is 36.9 Å². The van der Waals surface area contributed by atoms with Gasteiger partial charge in [0.15, 0.2) is 0 Å². The average molecular weight is 312 g/mol. The van der Waals surface area contributed by atoms with Gasteiger partial charge in [-0.3, -0.25) is 0 Å². The number of hydrogen-bond acceptors (Lipinski definition) is 3. The summed E-state index contributed by atoms with van der Waals surface area (Å²) in [6.45, 7) is 8.27. The van der Waals surface area contributed by atoms with Gasteiger partial charge in [-0.05, 0) is 64.3 Å². The van der Waals surface area contributed by atoms with Crippen LogP contribution in [0.2, 0.25) is 0 Å². The summed E-state index contributed by atoms with van der Waals surface area (Å²) in [5.41, 5.74) is -0.0156. The number of nitrogens with zero attached hydrogens (tertiary/aromatic N) is 1. The van der Waals surface area contributed by atoms with Crippen LogP contribution in [0, 0.1) is 11.8 Å². The number of allylic oxidation sites excluding steroid dienone is 1. The summed E-state index contributed by atoms with van der Waals surface area (Å²) in [5, 5.41) is 3.14. The fraction of sp³-hybridized carbons (Fsp3) is 0.889. The van der Waals surface area contributed by atoms with Gasteiger partial charge in [-0.15, -0.1) is 0 Å². The molecule has 2 heterocycles. The second-order valence-electron chi connectivity index (χ2n) is 7.77. The van der Waals surface area contributed by atoms with Crippen LogP contribution < -0.4 is 5.32 Å². The van der Waals surface area contributed by atoms with Gasteiger partial charge >= 0.3 is 0 Å². The van der Waals surface area contributed by atoms with Gasteiger partial charge in [-0.1, -0.05) is 13.8 Å². The van der Waals surface area contributed by atoms with Crippen LogP contribution in [0.25, 0.3) is 0 Å². The number of halogens is 1. The Hall–Kier alpha value is -0.610. The number of ether oxygens (including phenoxy) is 1. The summed E-state index contributed by atoms with van der Waals surface area (Å²) in [5.74, 6) is 1.26. The Morgan fingerprint density at radius 1 is 1.36 bits per heavy atom. The van der Waals surface area contributed by atoms with Gasteiger partial charge in [0.25, 0.3) is 0 Å². The molecule has 4 heteroatoms. The summed E-state index contributed by atoms with van der Waals surface area (Å²) >= 11 is 0. The lowest BCUT2D eigenvalue weighted by atomic mass is 9.79. The first-order valence-corrected chi connectivity index (χ1v) is 8.83. The van der Waals surface area contributed by atoms with Crippen molar-refractivity contribution in [1.82, 2.24) is 10.2 Å². The molecule has 2 unspecified atom stereocenters. The van der Waals surface area contributed by atoms with Crippen molar-refractivity contribution in [1.29, 1.82) is 0 Å². The quantitative estimate of drug-likeness (QED) is 0.847. The molecule has 2 saturated heterocycles. The second-order valence-corrected chi connectivity index (χ2v) is 7.77. The van der Waals surface area contributed by atoms with Crippen molar-refractivity contribution in [3.05, 3.63) is 12.0 Å². The molecule has 22 heavy (non-hydrogen) atoms. The van der Waals surface area contributed by atoms with Crippen LogP contribution in [-0.2, 0) is 4.74 Å². The highest BCUT2D eigenvalue weighted by molar-refractivity contribution is 4.94. The molecule has 2 aliphatic heterocycles. The van der Waals surface area contributed by atoms with Crippen LogP contribution in [0.4, 0.5) is 4.39 Å². The molecule has 2 rings (SSSR count). The second kappa shape index (κ2) is 7.78. The van der Waals surface area contributed by atoms with Gasteiger partial charge in [-0.25, -0.2) is 4.39 Å². The molecule has 3 nitrogen and oxygen atoms in total. The Morgan fingerprint density at radius 2 is 2.05 bits per heavy atom. The minimum Gasteiger partial charge on any atom is -0.364 e. The maximum atomic E-state index is 13.0. The van der Waals surface area contributed by atoms with E-state index in [0.29, 0.717) is 0 Å². The molecule has 1 N–H and O–H groups in total. The predicted octanol–water partition coefficient (Wildman–Crippen LogP) is 4.06. The molecule has 0 bridgehead atoms. The monoisotopic (exact) mass is 312 g/mol. The van der Waals surface area contributed by atoms with Crippen molar-refractivity contribution >= 4 is 0 Å². The molecule has 2 fully saturated rings. The molecule has 0 radical (unpaired) electrons.